The molecule has 0 aliphatic rings. The number of ether oxygens (including phenoxy) is 1. The Kier molecular flexibility index (Phi) is 6.43. The third kappa shape index (κ3) is 4.85. The van der Waals surface area contributed by atoms with Gasteiger partial charge >= 0.3 is 0 Å². The lowest BCUT2D eigenvalue weighted by Gasteiger charge is -2.13. The van der Waals surface area contributed by atoms with Crippen LogP contribution in [0, 0.1) is 0 Å². The van der Waals surface area contributed by atoms with Crippen LogP contribution in [0.3, 0.4) is 0 Å². The van der Waals surface area contributed by atoms with E-state index in [9.17, 15) is 4.79 Å². The lowest BCUT2D eigenvalue weighted by Crippen LogP contribution is -2.29. The summed E-state index contributed by atoms with van der Waals surface area (Å²) in [4.78, 5) is 12.2. The summed E-state index contributed by atoms with van der Waals surface area (Å²) in [5.74, 6) is 1.08. The number of carbonyl (C=O) groups is 1. The van der Waals surface area contributed by atoms with Gasteiger partial charge in [0.25, 0.3) is 0 Å². The van der Waals surface area contributed by atoms with Crippen LogP contribution in [0.25, 0.3) is 5.69 Å². The Morgan fingerprint density at radius 2 is 1.93 bits per heavy atom. The predicted molar refractivity (Wildman–Crippen MR) is 104 cm³/mol. The second-order valence-electron chi connectivity index (χ2n) is 5.95. The number of hydrogen-bond donors (Lipinski definition) is 1. The molecule has 1 aromatic heterocycles. The van der Waals surface area contributed by atoms with E-state index in [-0.39, 0.29) is 17.6 Å². The van der Waals surface area contributed by atoms with Crippen molar-refractivity contribution in [3.63, 3.8) is 0 Å². The third-order valence-electron chi connectivity index (χ3n) is 4.06. The highest BCUT2D eigenvalue weighted by atomic mass is 32.2. The summed E-state index contributed by atoms with van der Waals surface area (Å²) in [6, 6.07) is 17.6. The van der Waals surface area contributed by atoms with E-state index in [0.717, 1.165) is 5.69 Å². The van der Waals surface area contributed by atoms with E-state index in [1.807, 2.05) is 42.5 Å². The predicted octanol–water partition coefficient (Wildman–Crippen LogP) is 2.68. The van der Waals surface area contributed by atoms with Crippen LogP contribution in [0.1, 0.15) is 18.4 Å². The minimum absolute atomic E-state index is 0.0580. The van der Waals surface area contributed by atoms with Gasteiger partial charge in [0.05, 0.1) is 12.9 Å². The Hall–Kier alpha value is -2.87. The minimum Gasteiger partial charge on any atom is -0.494 e. The fourth-order valence-corrected chi connectivity index (χ4v) is 3.29. The number of methoxy groups -OCH3 is 1. The van der Waals surface area contributed by atoms with Gasteiger partial charge in [-0.1, -0.05) is 61.2 Å². The highest BCUT2D eigenvalue weighted by Crippen LogP contribution is 2.25. The molecule has 0 spiro atoms. The van der Waals surface area contributed by atoms with E-state index in [0.29, 0.717) is 17.5 Å². The molecule has 7 nitrogen and oxygen atoms in total. The van der Waals surface area contributed by atoms with Crippen LogP contribution in [0.5, 0.6) is 5.75 Å². The molecular weight excluding hydrogens is 362 g/mol. The van der Waals surface area contributed by atoms with Gasteiger partial charge < -0.3 is 10.1 Å². The van der Waals surface area contributed by atoms with Crippen molar-refractivity contribution in [2.45, 2.75) is 18.0 Å². The van der Waals surface area contributed by atoms with Crippen molar-refractivity contribution >= 4 is 17.7 Å². The van der Waals surface area contributed by atoms with Gasteiger partial charge in [-0.2, -0.15) is 4.68 Å². The van der Waals surface area contributed by atoms with Crippen molar-refractivity contribution in [2.75, 3.05) is 19.4 Å². The van der Waals surface area contributed by atoms with E-state index < -0.39 is 0 Å². The Labute approximate surface area is 162 Å². The van der Waals surface area contributed by atoms with Crippen molar-refractivity contribution in [1.82, 2.24) is 25.5 Å². The molecular formula is C19H21N5O2S. The lowest BCUT2D eigenvalue weighted by molar-refractivity contribution is -0.118. The molecule has 3 aromatic rings. The molecule has 1 amide bonds. The first-order chi connectivity index (χ1) is 13.2. The zero-order valence-corrected chi connectivity index (χ0v) is 16.0. The van der Waals surface area contributed by atoms with Gasteiger partial charge in [0, 0.05) is 6.54 Å². The zero-order chi connectivity index (χ0) is 19.1. The van der Waals surface area contributed by atoms with Crippen molar-refractivity contribution in [3.8, 4) is 11.4 Å². The number of amides is 1. The smallest absolute Gasteiger partial charge is 0.230 e. The number of aromatic nitrogens is 4. The van der Waals surface area contributed by atoms with Gasteiger partial charge in [-0.3, -0.25) is 4.79 Å². The highest BCUT2D eigenvalue weighted by Gasteiger charge is 2.15. The second-order valence-corrected chi connectivity index (χ2v) is 6.89. The lowest BCUT2D eigenvalue weighted by atomic mass is 10.0. The standard InChI is InChI=1S/C19H21N5O2S/c1-14(15-8-4-3-5-9-15)12-20-18(25)13-27-19-21-22-23-24(19)16-10-6-7-11-17(16)26-2/h3-11,14H,12-13H2,1-2H3,(H,20,25). The van der Waals surface area contributed by atoms with Crippen LogP contribution < -0.4 is 10.1 Å². The summed E-state index contributed by atoms with van der Waals surface area (Å²) >= 11 is 1.28. The molecule has 1 heterocycles. The number of benzene rings is 2. The Bertz CT molecular complexity index is 885. The van der Waals surface area contributed by atoms with Crippen LogP contribution in [-0.2, 0) is 4.79 Å². The Balaban J connectivity index is 1.56. The molecule has 3 rings (SSSR count). The quantitative estimate of drug-likeness (QED) is 0.602. The fourth-order valence-electron chi connectivity index (χ4n) is 2.57. The van der Waals surface area contributed by atoms with Gasteiger partial charge in [0.1, 0.15) is 11.4 Å². The molecule has 0 aliphatic carbocycles. The summed E-state index contributed by atoms with van der Waals surface area (Å²) in [6.07, 6.45) is 0. The molecule has 27 heavy (non-hydrogen) atoms. The molecule has 1 N–H and O–H groups in total. The maximum absolute atomic E-state index is 12.2. The molecule has 1 unspecified atom stereocenters. The van der Waals surface area contributed by atoms with E-state index in [1.165, 1.54) is 17.3 Å². The number of rotatable bonds is 8. The fraction of sp³-hybridized carbons (Fsp3) is 0.263. The van der Waals surface area contributed by atoms with Crippen molar-refractivity contribution in [1.29, 1.82) is 0 Å². The van der Waals surface area contributed by atoms with E-state index in [2.05, 4.69) is 39.9 Å². The van der Waals surface area contributed by atoms with Gasteiger partial charge in [0.2, 0.25) is 11.1 Å². The van der Waals surface area contributed by atoms with Crippen molar-refractivity contribution in [2.24, 2.45) is 0 Å². The average molecular weight is 383 g/mol. The molecule has 2 aromatic carbocycles. The summed E-state index contributed by atoms with van der Waals surface area (Å²) in [5.41, 5.74) is 1.93. The number of hydrogen-bond acceptors (Lipinski definition) is 6. The van der Waals surface area contributed by atoms with Crippen LogP contribution in [0.15, 0.2) is 59.8 Å². The molecule has 0 saturated heterocycles. The summed E-state index contributed by atoms with van der Waals surface area (Å²) in [7, 11) is 1.59. The minimum atomic E-state index is -0.0580. The van der Waals surface area contributed by atoms with Crippen molar-refractivity contribution in [3.05, 3.63) is 60.2 Å². The Morgan fingerprint density at radius 3 is 2.70 bits per heavy atom. The van der Waals surface area contributed by atoms with Crippen LogP contribution in [0.4, 0.5) is 0 Å². The van der Waals surface area contributed by atoms with Gasteiger partial charge in [-0.25, -0.2) is 0 Å². The zero-order valence-electron chi connectivity index (χ0n) is 15.2. The molecule has 1 atom stereocenters. The third-order valence-corrected chi connectivity index (χ3v) is 4.98. The summed E-state index contributed by atoms with van der Waals surface area (Å²) in [6.45, 7) is 2.67. The topological polar surface area (TPSA) is 81.9 Å². The monoisotopic (exact) mass is 383 g/mol. The van der Waals surface area contributed by atoms with E-state index in [4.69, 9.17) is 4.74 Å². The van der Waals surface area contributed by atoms with Crippen LogP contribution >= 0.6 is 11.8 Å². The number of tetrazole rings is 1. The molecule has 0 fully saturated rings. The maximum Gasteiger partial charge on any atom is 0.230 e. The number of para-hydroxylation sites is 2. The van der Waals surface area contributed by atoms with Gasteiger partial charge in [-0.15, -0.1) is 5.10 Å². The van der Waals surface area contributed by atoms with Crippen LogP contribution in [0.2, 0.25) is 0 Å². The normalized spacial score (nSPS) is 11.8. The number of nitrogens with one attached hydrogen (secondary N) is 1. The number of nitrogens with zero attached hydrogens (tertiary/aromatic N) is 4. The first-order valence-corrected chi connectivity index (χ1v) is 9.54. The molecule has 0 bridgehead atoms. The first-order valence-electron chi connectivity index (χ1n) is 8.55. The molecule has 0 radical (unpaired) electrons. The second kappa shape index (κ2) is 9.18. The highest BCUT2D eigenvalue weighted by molar-refractivity contribution is 7.99. The van der Waals surface area contributed by atoms with E-state index >= 15 is 0 Å². The first kappa shape index (κ1) is 18.9. The number of thioether (sulfide) groups is 1. The summed E-state index contributed by atoms with van der Waals surface area (Å²) in [5, 5.41) is 15.2. The number of carbonyl (C=O) groups excluding carboxylic acids is 1. The van der Waals surface area contributed by atoms with Crippen molar-refractivity contribution < 1.29 is 9.53 Å². The Morgan fingerprint density at radius 1 is 1.19 bits per heavy atom. The van der Waals surface area contributed by atoms with E-state index in [1.54, 1.807) is 11.8 Å². The largest absolute Gasteiger partial charge is 0.494 e. The van der Waals surface area contributed by atoms with Crippen LogP contribution in [-0.4, -0.2) is 45.5 Å². The molecule has 0 aliphatic heterocycles. The molecule has 0 saturated carbocycles. The maximum atomic E-state index is 12.2. The van der Waals surface area contributed by atoms with Gasteiger partial charge in [-0.05, 0) is 34.0 Å². The summed E-state index contributed by atoms with van der Waals surface area (Å²) < 4.78 is 6.92. The van der Waals surface area contributed by atoms with Gasteiger partial charge in [0.15, 0.2) is 0 Å². The average Bonchev–Trinajstić information content (AvgIpc) is 3.19. The molecule has 140 valence electrons. The molecule has 8 heteroatoms. The SMILES string of the molecule is COc1ccccc1-n1nnnc1SCC(=O)NCC(C)c1ccccc1.